The van der Waals surface area contributed by atoms with Gasteiger partial charge < -0.3 is 9.84 Å². The zero-order chi connectivity index (χ0) is 20.2. The number of ether oxygens (including phenoxy) is 1. The zero-order valence-corrected chi connectivity index (χ0v) is 18.7. The predicted molar refractivity (Wildman–Crippen MR) is 114 cm³/mol. The Kier molecular flexibility index (Phi) is 5.28. The van der Waals surface area contributed by atoms with Crippen molar-refractivity contribution in [3.8, 4) is 0 Å². The summed E-state index contributed by atoms with van der Waals surface area (Å²) >= 11 is 0. The number of esters is 1. The molecule has 5 saturated carbocycles. The first-order valence-electron chi connectivity index (χ1n) is 12.8. The highest BCUT2D eigenvalue weighted by Gasteiger charge is 2.61. The average molecular weight is 403 g/mol. The highest BCUT2D eigenvalue weighted by Crippen LogP contribution is 2.66. The van der Waals surface area contributed by atoms with E-state index in [2.05, 4.69) is 13.8 Å². The number of fused-ring (bicyclic) bond motifs is 5. The monoisotopic (exact) mass is 402 g/mol. The molecule has 0 heterocycles. The minimum atomic E-state index is -0.0615. The van der Waals surface area contributed by atoms with Crippen molar-refractivity contribution in [2.45, 2.75) is 116 Å². The lowest BCUT2D eigenvalue weighted by Crippen LogP contribution is -2.54. The van der Waals surface area contributed by atoms with Gasteiger partial charge in [0.15, 0.2) is 0 Å². The molecule has 0 aromatic carbocycles. The van der Waals surface area contributed by atoms with Crippen LogP contribution in [0.1, 0.15) is 104 Å². The standard InChI is InChI=1S/C26H42O3/c1-25-14-12-19(27)16-18(25)8-9-20-21-10-11-23(26(21,2)15-13-22(20)25)29-24(28)17-6-4-3-5-7-17/h17-23,27H,3-16H2,1-2H3/t18-,19-,20-,21-,22-,23-,25-,26-/m0/s1. The summed E-state index contributed by atoms with van der Waals surface area (Å²) in [6, 6.07) is 0. The van der Waals surface area contributed by atoms with Crippen molar-refractivity contribution in [2.24, 2.45) is 40.4 Å². The molecule has 0 unspecified atom stereocenters. The van der Waals surface area contributed by atoms with Crippen LogP contribution in [0.2, 0.25) is 0 Å². The molecule has 3 heteroatoms. The molecule has 0 radical (unpaired) electrons. The van der Waals surface area contributed by atoms with E-state index in [0.717, 1.165) is 55.8 Å². The molecule has 0 aromatic heterocycles. The second kappa shape index (κ2) is 7.53. The summed E-state index contributed by atoms with van der Waals surface area (Å²) in [7, 11) is 0. The lowest BCUT2D eigenvalue weighted by molar-refractivity contribution is -0.170. The molecule has 29 heavy (non-hydrogen) atoms. The van der Waals surface area contributed by atoms with Crippen molar-refractivity contribution in [2.75, 3.05) is 0 Å². The minimum absolute atomic E-state index is 0.0615. The van der Waals surface area contributed by atoms with Gasteiger partial charge in [0.2, 0.25) is 0 Å². The maximum absolute atomic E-state index is 12.9. The van der Waals surface area contributed by atoms with Gasteiger partial charge in [-0.3, -0.25) is 4.79 Å². The van der Waals surface area contributed by atoms with E-state index in [1.54, 1.807) is 0 Å². The molecular formula is C26H42O3. The van der Waals surface area contributed by atoms with E-state index >= 15 is 0 Å². The van der Waals surface area contributed by atoms with E-state index in [4.69, 9.17) is 4.74 Å². The van der Waals surface area contributed by atoms with Crippen LogP contribution in [0.3, 0.4) is 0 Å². The van der Waals surface area contributed by atoms with Crippen LogP contribution >= 0.6 is 0 Å². The molecule has 1 N–H and O–H groups in total. The average Bonchev–Trinajstić information content (AvgIpc) is 3.05. The molecule has 0 bridgehead atoms. The van der Waals surface area contributed by atoms with Crippen LogP contribution in [0.15, 0.2) is 0 Å². The van der Waals surface area contributed by atoms with Crippen molar-refractivity contribution in [3.05, 3.63) is 0 Å². The predicted octanol–water partition coefficient (Wildman–Crippen LogP) is 5.88. The number of carbonyl (C=O) groups excluding carboxylic acids is 1. The van der Waals surface area contributed by atoms with Crippen LogP contribution in [0.4, 0.5) is 0 Å². The first-order valence-corrected chi connectivity index (χ1v) is 12.8. The maximum atomic E-state index is 12.9. The highest BCUT2D eigenvalue weighted by molar-refractivity contribution is 5.72. The molecule has 8 atom stereocenters. The summed E-state index contributed by atoms with van der Waals surface area (Å²) in [5, 5.41) is 10.2. The van der Waals surface area contributed by atoms with Gasteiger partial charge >= 0.3 is 5.97 Å². The number of hydrogen-bond acceptors (Lipinski definition) is 3. The third kappa shape index (κ3) is 3.29. The van der Waals surface area contributed by atoms with E-state index in [0.29, 0.717) is 5.41 Å². The Morgan fingerprint density at radius 2 is 1.55 bits per heavy atom. The number of hydrogen-bond donors (Lipinski definition) is 1. The fourth-order valence-corrected chi connectivity index (χ4v) is 8.96. The first kappa shape index (κ1) is 20.3. The van der Waals surface area contributed by atoms with E-state index in [1.807, 2.05) is 0 Å². The zero-order valence-electron chi connectivity index (χ0n) is 18.7. The first-order chi connectivity index (χ1) is 13.9. The molecular weight excluding hydrogens is 360 g/mol. The fourth-order valence-electron chi connectivity index (χ4n) is 8.96. The molecule has 5 fully saturated rings. The number of carbonyl (C=O) groups is 1. The molecule has 0 aromatic rings. The summed E-state index contributed by atoms with van der Waals surface area (Å²) < 4.78 is 6.28. The Morgan fingerprint density at radius 3 is 2.34 bits per heavy atom. The molecule has 5 aliphatic carbocycles. The lowest BCUT2D eigenvalue weighted by atomic mass is 9.45. The summed E-state index contributed by atoms with van der Waals surface area (Å²) in [4.78, 5) is 12.9. The van der Waals surface area contributed by atoms with Gasteiger partial charge in [0.1, 0.15) is 6.10 Å². The summed E-state index contributed by atoms with van der Waals surface area (Å²) in [5.41, 5.74) is 0.628. The van der Waals surface area contributed by atoms with Crippen molar-refractivity contribution in [1.82, 2.24) is 0 Å². The summed E-state index contributed by atoms with van der Waals surface area (Å²) in [5.74, 6) is 3.37. The van der Waals surface area contributed by atoms with E-state index in [1.165, 1.54) is 57.8 Å². The summed E-state index contributed by atoms with van der Waals surface area (Å²) in [6.07, 6.45) is 16.6. The van der Waals surface area contributed by atoms with Gasteiger partial charge in [0, 0.05) is 5.41 Å². The quantitative estimate of drug-likeness (QED) is 0.587. The molecule has 0 aliphatic heterocycles. The maximum Gasteiger partial charge on any atom is 0.309 e. The fraction of sp³-hybridized carbons (Fsp3) is 0.962. The van der Waals surface area contributed by atoms with Crippen molar-refractivity contribution in [1.29, 1.82) is 0 Å². The van der Waals surface area contributed by atoms with Gasteiger partial charge in [-0.1, -0.05) is 33.1 Å². The molecule has 0 amide bonds. The van der Waals surface area contributed by atoms with E-state index in [9.17, 15) is 9.90 Å². The normalized spacial score (nSPS) is 50.3. The Labute approximate surface area is 177 Å². The number of aliphatic hydroxyl groups excluding tert-OH is 1. The van der Waals surface area contributed by atoms with Crippen molar-refractivity contribution in [3.63, 3.8) is 0 Å². The van der Waals surface area contributed by atoms with E-state index in [-0.39, 0.29) is 29.5 Å². The summed E-state index contributed by atoms with van der Waals surface area (Å²) in [6.45, 7) is 5.01. The second-order valence-electron chi connectivity index (χ2n) is 12.0. The van der Waals surface area contributed by atoms with Crippen molar-refractivity contribution < 1.29 is 14.6 Å². The van der Waals surface area contributed by atoms with Gasteiger partial charge in [0.05, 0.1) is 12.0 Å². The topological polar surface area (TPSA) is 46.5 Å². The van der Waals surface area contributed by atoms with Gasteiger partial charge in [-0.2, -0.15) is 0 Å². The molecule has 5 rings (SSSR count). The van der Waals surface area contributed by atoms with Crippen molar-refractivity contribution >= 4 is 5.97 Å². The molecule has 164 valence electrons. The SMILES string of the molecule is C[C@]12CC[C@H](O)C[C@@H]1CC[C@@H]1[C@@H]2CC[C@]2(C)[C@@H](OC(=O)C3CCCCC3)CC[C@@H]12. The molecule has 0 saturated heterocycles. The molecule has 3 nitrogen and oxygen atoms in total. The largest absolute Gasteiger partial charge is 0.462 e. The Hall–Kier alpha value is -0.570. The Balaban J connectivity index is 1.30. The number of rotatable bonds is 2. The molecule has 0 spiro atoms. The van der Waals surface area contributed by atoms with Crippen LogP contribution in [-0.4, -0.2) is 23.3 Å². The third-order valence-electron chi connectivity index (χ3n) is 10.7. The van der Waals surface area contributed by atoms with Gasteiger partial charge in [-0.25, -0.2) is 0 Å². The third-order valence-corrected chi connectivity index (χ3v) is 10.7. The van der Waals surface area contributed by atoms with Crippen LogP contribution in [0.5, 0.6) is 0 Å². The minimum Gasteiger partial charge on any atom is -0.462 e. The smallest absolute Gasteiger partial charge is 0.309 e. The van der Waals surface area contributed by atoms with E-state index < -0.39 is 0 Å². The van der Waals surface area contributed by atoms with Crippen LogP contribution < -0.4 is 0 Å². The van der Waals surface area contributed by atoms with Crippen LogP contribution in [0.25, 0.3) is 0 Å². The van der Waals surface area contributed by atoms with Gasteiger partial charge in [-0.15, -0.1) is 0 Å². The van der Waals surface area contributed by atoms with Gasteiger partial charge in [-0.05, 0) is 99.7 Å². The van der Waals surface area contributed by atoms with Crippen LogP contribution in [0, 0.1) is 40.4 Å². The van der Waals surface area contributed by atoms with Gasteiger partial charge in [0.25, 0.3) is 0 Å². The van der Waals surface area contributed by atoms with Crippen LogP contribution in [-0.2, 0) is 9.53 Å². The highest BCUT2D eigenvalue weighted by atomic mass is 16.5. The number of aliphatic hydroxyl groups is 1. The Morgan fingerprint density at radius 1 is 0.828 bits per heavy atom. The Bertz CT molecular complexity index is 625. The molecule has 5 aliphatic rings. The lowest BCUT2D eigenvalue weighted by Gasteiger charge is -2.60. The second-order valence-corrected chi connectivity index (χ2v) is 12.0.